The molecule has 0 aliphatic heterocycles. The van der Waals surface area contributed by atoms with Crippen LogP contribution in [-0.4, -0.2) is 24.1 Å². The SMILES string of the molecule is c1ccc(-c2cc(-c3ccccc3)nc(-n3c4ccc(-c5cccc(-c6nccs6)c5)cc4c4cc5c6ccccc6n(-c6ccccc6)c5cc43)n2)cc1. The zero-order valence-electron chi connectivity index (χ0n) is 29.5. The van der Waals surface area contributed by atoms with Crippen molar-refractivity contribution < 1.29 is 0 Å². The molecule has 5 nitrogen and oxygen atoms in total. The van der Waals surface area contributed by atoms with E-state index in [1.165, 1.54) is 16.3 Å². The number of hydrogen-bond donors (Lipinski definition) is 0. The van der Waals surface area contributed by atoms with Gasteiger partial charge in [0.05, 0.1) is 33.5 Å². The molecule has 0 atom stereocenters. The number of nitrogens with zero attached hydrogens (tertiary/aromatic N) is 5. The normalized spacial score (nSPS) is 11.6. The van der Waals surface area contributed by atoms with Gasteiger partial charge in [0.25, 0.3) is 0 Å². The lowest BCUT2D eigenvalue weighted by molar-refractivity contribution is 0.995. The first-order valence-corrected chi connectivity index (χ1v) is 19.2. The quantitative estimate of drug-likeness (QED) is 0.172. The molecule has 4 heterocycles. The van der Waals surface area contributed by atoms with Gasteiger partial charge in [-0.05, 0) is 65.7 Å². The first kappa shape index (κ1) is 31.4. The van der Waals surface area contributed by atoms with Crippen LogP contribution in [0.5, 0.6) is 0 Å². The lowest BCUT2D eigenvalue weighted by Crippen LogP contribution is -2.04. The third kappa shape index (κ3) is 5.26. The maximum Gasteiger partial charge on any atom is 0.235 e. The second-order valence-corrected chi connectivity index (χ2v) is 14.6. The lowest BCUT2D eigenvalue weighted by atomic mass is 10.0. The van der Waals surface area contributed by atoms with Gasteiger partial charge in [-0.3, -0.25) is 4.57 Å². The number of hydrogen-bond acceptors (Lipinski definition) is 4. The Bertz CT molecular complexity index is 3130. The topological polar surface area (TPSA) is 48.5 Å². The summed E-state index contributed by atoms with van der Waals surface area (Å²) < 4.78 is 4.63. The molecule has 0 saturated heterocycles. The summed E-state index contributed by atoms with van der Waals surface area (Å²) in [7, 11) is 0. The molecule has 0 saturated carbocycles. The van der Waals surface area contributed by atoms with E-state index in [0.29, 0.717) is 5.95 Å². The highest BCUT2D eigenvalue weighted by Crippen LogP contribution is 2.41. The van der Waals surface area contributed by atoms with Gasteiger partial charge in [-0.25, -0.2) is 15.0 Å². The van der Waals surface area contributed by atoms with Crippen molar-refractivity contribution in [3.63, 3.8) is 0 Å². The van der Waals surface area contributed by atoms with Gasteiger partial charge in [-0.1, -0.05) is 121 Å². The Balaban J connectivity index is 1.24. The summed E-state index contributed by atoms with van der Waals surface area (Å²) in [6.45, 7) is 0. The summed E-state index contributed by atoms with van der Waals surface area (Å²) in [5, 5.41) is 7.74. The minimum atomic E-state index is 0.625. The molecule has 0 N–H and O–H groups in total. The van der Waals surface area contributed by atoms with Crippen LogP contribution in [0, 0.1) is 0 Å². The van der Waals surface area contributed by atoms with Gasteiger partial charge in [0, 0.05) is 55.5 Å². The van der Waals surface area contributed by atoms with E-state index in [-0.39, 0.29) is 0 Å². The van der Waals surface area contributed by atoms with Crippen LogP contribution in [0.2, 0.25) is 0 Å². The van der Waals surface area contributed by atoms with Crippen LogP contribution in [0.25, 0.3) is 99.5 Å². The summed E-state index contributed by atoms with van der Waals surface area (Å²) in [5.41, 5.74) is 12.7. The Morgan fingerprint density at radius 2 is 0.964 bits per heavy atom. The molecular formula is C49H31N5S. The second-order valence-electron chi connectivity index (χ2n) is 13.7. The maximum absolute atomic E-state index is 5.34. The van der Waals surface area contributed by atoms with Gasteiger partial charge in [0.15, 0.2) is 0 Å². The number of para-hydroxylation sites is 2. The fourth-order valence-corrected chi connectivity index (χ4v) is 8.61. The van der Waals surface area contributed by atoms with Crippen LogP contribution in [0.3, 0.4) is 0 Å². The van der Waals surface area contributed by atoms with E-state index in [4.69, 9.17) is 9.97 Å². The number of benzene rings is 7. The number of fused-ring (bicyclic) bond motifs is 6. The molecule has 258 valence electrons. The molecule has 0 aliphatic carbocycles. The van der Waals surface area contributed by atoms with Crippen molar-refractivity contribution in [3.05, 3.63) is 188 Å². The van der Waals surface area contributed by atoms with Gasteiger partial charge in [0.2, 0.25) is 5.95 Å². The highest BCUT2D eigenvalue weighted by atomic mass is 32.1. The first-order valence-electron chi connectivity index (χ1n) is 18.3. The molecule has 11 aromatic rings. The number of thiazole rings is 1. The predicted molar refractivity (Wildman–Crippen MR) is 228 cm³/mol. The van der Waals surface area contributed by atoms with Gasteiger partial charge in [0.1, 0.15) is 5.01 Å². The van der Waals surface area contributed by atoms with Crippen LogP contribution in [0.4, 0.5) is 0 Å². The Morgan fingerprint density at radius 1 is 0.382 bits per heavy atom. The van der Waals surface area contributed by atoms with Crippen LogP contribution >= 0.6 is 11.3 Å². The van der Waals surface area contributed by atoms with Crippen molar-refractivity contribution in [1.29, 1.82) is 0 Å². The zero-order chi connectivity index (χ0) is 36.3. The molecule has 4 aromatic heterocycles. The Morgan fingerprint density at radius 3 is 1.69 bits per heavy atom. The van der Waals surface area contributed by atoms with E-state index >= 15 is 0 Å². The Labute approximate surface area is 321 Å². The highest BCUT2D eigenvalue weighted by molar-refractivity contribution is 7.13. The van der Waals surface area contributed by atoms with E-state index in [1.807, 2.05) is 23.7 Å². The molecule has 0 aliphatic rings. The first-order chi connectivity index (χ1) is 27.3. The molecular weight excluding hydrogens is 691 g/mol. The second kappa shape index (κ2) is 12.8. The number of rotatable bonds is 6. The summed E-state index contributed by atoms with van der Waals surface area (Å²) in [5.74, 6) is 0.625. The minimum absolute atomic E-state index is 0.625. The molecule has 11 rings (SSSR count). The molecule has 55 heavy (non-hydrogen) atoms. The third-order valence-electron chi connectivity index (χ3n) is 10.5. The predicted octanol–water partition coefficient (Wildman–Crippen LogP) is 12.8. The molecule has 6 heteroatoms. The van der Waals surface area contributed by atoms with Gasteiger partial charge in [-0.15, -0.1) is 11.3 Å². The summed E-state index contributed by atoms with van der Waals surface area (Å²) in [6.07, 6.45) is 1.86. The molecule has 0 radical (unpaired) electrons. The Hall–Kier alpha value is -7.15. The van der Waals surface area contributed by atoms with E-state index in [9.17, 15) is 0 Å². The van der Waals surface area contributed by atoms with Gasteiger partial charge < -0.3 is 4.57 Å². The lowest BCUT2D eigenvalue weighted by Gasteiger charge is -2.12. The standard InChI is InChI=1S/C49H31N5S/c1-4-13-32(14-5-1)42-30-43(33-15-6-2-7-16-33)52-49(51-42)54-45-24-23-35(34-17-12-18-36(27-34)48-50-25-26-55-48)28-39(45)41-29-40-38-21-10-11-22-44(38)53(46(40)31-47(41)54)37-19-8-3-9-20-37/h1-31H. The van der Waals surface area contributed by atoms with Crippen LogP contribution < -0.4 is 0 Å². The molecule has 0 amide bonds. The molecule has 0 unspecified atom stereocenters. The van der Waals surface area contributed by atoms with Gasteiger partial charge in [-0.2, -0.15) is 0 Å². The van der Waals surface area contributed by atoms with Gasteiger partial charge >= 0.3 is 0 Å². The smallest absolute Gasteiger partial charge is 0.235 e. The summed E-state index contributed by atoms with van der Waals surface area (Å²) in [6, 6.07) is 62.4. The minimum Gasteiger partial charge on any atom is -0.309 e. The largest absolute Gasteiger partial charge is 0.309 e. The molecule has 7 aromatic carbocycles. The average Bonchev–Trinajstić information content (AvgIpc) is 3.99. The fraction of sp³-hybridized carbons (Fsp3) is 0. The van der Waals surface area contributed by atoms with Crippen molar-refractivity contribution in [1.82, 2.24) is 24.1 Å². The zero-order valence-corrected chi connectivity index (χ0v) is 30.4. The summed E-state index contributed by atoms with van der Waals surface area (Å²) >= 11 is 1.66. The third-order valence-corrected chi connectivity index (χ3v) is 11.3. The monoisotopic (exact) mass is 721 g/mol. The molecule has 0 fully saturated rings. The van der Waals surface area contributed by atoms with Crippen molar-refractivity contribution in [3.8, 4) is 55.8 Å². The summed E-state index contributed by atoms with van der Waals surface area (Å²) in [4.78, 5) is 15.3. The maximum atomic E-state index is 5.34. The van der Waals surface area contributed by atoms with Crippen molar-refractivity contribution >= 4 is 54.9 Å². The number of aromatic nitrogens is 5. The van der Waals surface area contributed by atoms with E-state index in [0.717, 1.165) is 77.2 Å². The van der Waals surface area contributed by atoms with Crippen molar-refractivity contribution in [2.45, 2.75) is 0 Å². The average molecular weight is 722 g/mol. The van der Waals surface area contributed by atoms with E-state index in [2.05, 4.69) is 178 Å². The van der Waals surface area contributed by atoms with E-state index in [1.54, 1.807) is 11.3 Å². The van der Waals surface area contributed by atoms with Crippen LogP contribution in [-0.2, 0) is 0 Å². The van der Waals surface area contributed by atoms with Crippen LogP contribution in [0.15, 0.2) is 188 Å². The van der Waals surface area contributed by atoms with E-state index < -0.39 is 0 Å². The highest BCUT2D eigenvalue weighted by Gasteiger charge is 2.21. The Kier molecular flexibility index (Phi) is 7.28. The van der Waals surface area contributed by atoms with Crippen LogP contribution in [0.1, 0.15) is 0 Å². The fourth-order valence-electron chi connectivity index (χ4n) is 7.98. The molecule has 0 bridgehead atoms. The molecule has 0 spiro atoms. The van der Waals surface area contributed by atoms with Crippen molar-refractivity contribution in [2.24, 2.45) is 0 Å². The van der Waals surface area contributed by atoms with Crippen molar-refractivity contribution in [2.75, 3.05) is 0 Å².